The summed E-state index contributed by atoms with van der Waals surface area (Å²) in [6.07, 6.45) is 2.52. The second-order valence-electron chi connectivity index (χ2n) is 11.5. The molecule has 2 bridgehead atoms. The van der Waals surface area contributed by atoms with Gasteiger partial charge in [-0.25, -0.2) is 13.5 Å². The molecule has 0 unspecified atom stereocenters. The van der Waals surface area contributed by atoms with Crippen LogP contribution in [0.15, 0.2) is 46.9 Å². The molecule has 0 saturated carbocycles. The van der Waals surface area contributed by atoms with Crippen molar-refractivity contribution in [2.24, 2.45) is 5.73 Å². The van der Waals surface area contributed by atoms with Crippen molar-refractivity contribution < 1.29 is 18.7 Å². The fourth-order valence-electron chi connectivity index (χ4n) is 6.17. The monoisotopic (exact) mass is 620 g/mol. The summed E-state index contributed by atoms with van der Waals surface area (Å²) in [5.74, 6) is -1.49. The molecule has 2 aliphatic rings. The van der Waals surface area contributed by atoms with Crippen LogP contribution in [0.5, 0.6) is 0 Å². The van der Waals surface area contributed by atoms with E-state index in [1.807, 2.05) is 11.0 Å². The summed E-state index contributed by atoms with van der Waals surface area (Å²) >= 11 is 3.36. The molecule has 3 aromatic carbocycles. The number of nitrogens with zero attached hydrogens (tertiary/aromatic N) is 5. The van der Waals surface area contributed by atoms with Crippen molar-refractivity contribution in [3.8, 4) is 28.3 Å². The first-order valence-corrected chi connectivity index (χ1v) is 14.1. The maximum Gasteiger partial charge on any atom is 0.254 e. The zero-order chi connectivity index (χ0) is 29.2. The normalized spacial score (nSPS) is 20.1. The molecule has 1 amide bonds. The number of rotatable bonds is 5. The molecule has 4 aromatic rings. The largest absolute Gasteiger partial charge is 0.389 e. The second kappa shape index (κ2) is 9.98. The molecule has 3 atom stereocenters. The number of nitrogens with two attached hydrogens (primary N) is 1. The molecule has 210 valence electrons. The van der Waals surface area contributed by atoms with E-state index in [2.05, 4.69) is 26.2 Å². The van der Waals surface area contributed by atoms with Gasteiger partial charge in [0.05, 0.1) is 22.2 Å². The van der Waals surface area contributed by atoms with E-state index in [1.54, 1.807) is 44.2 Å². The van der Waals surface area contributed by atoms with E-state index in [0.29, 0.717) is 33.3 Å². The number of aromatic nitrogens is 3. The molecule has 3 heterocycles. The molecule has 0 radical (unpaired) electrons. The molecular formula is C30H27BrF2N6O2. The summed E-state index contributed by atoms with van der Waals surface area (Å²) < 4.78 is 32.4. The van der Waals surface area contributed by atoms with E-state index in [1.165, 1.54) is 16.8 Å². The molecular weight excluding hydrogens is 594 g/mol. The molecule has 8 nitrogen and oxygen atoms in total. The summed E-state index contributed by atoms with van der Waals surface area (Å²) in [7, 11) is 0. The number of aliphatic hydroxyl groups is 1. The highest BCUT2D eigenvalue weighted by atomic mass is 79.9. The first kappa shape index (κ1) is 27.4. The van der Waals surface area contributed by atoms with Crippen LogP contribution in [0.25, 0.3) is 33.3 Å². The van der Waals surface area contributed by atoms with Gasteiger partial charge in [-0.15, -0.1) is 5.10 Å². The third-order valence-electron chi connectivity index (χ3n) is 7.99. The molecule has 11 heteroatoms. The Kier molecular flexibility index (Phi) is 6.68. The molecule has 41 heavy (non-hydrogen) atoms. The molecule has 2 fully saturated rings. The minimum Gasteiger partial charge on any atom is -0.389 e. The molecule has 2 aliphatic heterocycles. The molecule has 0 spiro atoms. The van der Waals surface area contributed by atoms with Crippen LogP contribution >= 0.6 is 15.9 Å². The lowest BCUT2D eigenvalue weighted by Crippen LogP contribution is -2.40. The van der Waals surface area contributed by atoms with Crippen LogP contribution < -0.4 is 5.73 Å². The number of hydrogen-bond acceptors (Lipinski definition) is 6. The smallest absolute Gasteiger partial charge is 0.254 e. The minimum absolute atomic E-state index is 0.0229. The third kappa shape index (κ3) is 4.70. The van der Waals surface area contributed by atoms with Gasteiger partial charge in [0.1, 0.15) is 28.7 Å². The second-order valence-corrected chi connectivity index (χ2v) is 12.2. The van der Waals surface area contributed by atoms with Crippen LogP contribution in [0.1, 0.15) is 49.0 Å². The number of halogens is 3. The average Bonchev–Trinajstić information content (AvgIpc) is 3.61. The van der Waals surface area contributed by atoms with Crippen LogP contribution in [0.2, 0.25) is 0 Å². The molecule has 6 rings (SSSR count). The number of carbonyl (C=O) groups excluding carboxylic acids is 1. The van der Waals surface area contributed by atoms with E-state index in [0.717, 1.165) is 19.3 Å². The van der Waals surface area contributed by atoms with Crippen LogP contribution in [0.3, 0.4) is 0 Å². The SMILES string of the molecule is CC(C)(O)Cn1nnc2cc(-c3ccc(C(=O)N4[C@@H]5CC[C@H]4[C@@H](N)C5)cc3-c3ccc(C#N)c(F)c3)c(F)c(Br)c21. The Morgan fingerprint density at radius 2 is 1.95 bits per heavy atom. The number of hydrogen-bond donors (Lipinski definition) is 2. The first-order valence-electron chi connectivity index (χ1n) is 13.3. The topological polar surface area (TPSA) is 121 Å². The van der Waals surface area contributed by atoms with Gasteiger partial charge in [0.2, 0.25) is 0 Å². The highest BCUT2D eigenvalue weighted by Crippen LogP contribution is 2.42. The van der Waals surface area contributed by atoms with E-state index in [9.17, 15) is 19.6 Å². The van der Waals surface area contributed by atoms with Crippen LogP contribution in [-0.4, -0.2) is 54.6 Å². The van der Waals surface area contributed by atoms with E-state index < -0.39 is 17.2 Å². The van der Waals surface area contributed by atoms with Crippen molar-refractivity contribution in [3.05, 3.63) is 69.7 Å². The summed E-state index contributed by atoms with van der Waals surface area (Å²) in [5, 5.41) is 27.8. The molecule has 3 N–H and O–H groups in total. The fraction of sp³-hybridized carbons (Fsp3) is 0.333. The van der Waals surface area contributed by atoms with Gasteiger partial charge in [-0.1, -0.05) is 17.3 Å². The number of amides is 1. The van der Waals surface area contributed by atoms with Gasteiger partial charge >= 0.3 is 0 Å². The first-order chi connectivity index (χ1) is 19.5. The number of nitriles is 1. The van der Waals surface area contributed by atoms with Crippen molar-refractivity contribution in [3.63, 3.8) is 0 Å². The fourth-order valence-corrected chi connectivity index (χ4v) is 6.79. The van der Waals surface area contributed by atoms with Crippen molar-refractivity contribution in [1.29, 1.82) is 5.26 Å². The van der Waals surface area contributed by atoms with Gasteiger partial charge in [0.25, 0.3) is 5.91 Å². The lowest BCUT2D eigenvalue weighted by atomic mass is 9.91. The maximum absolute atomic E-state index is 16.1. The quantitative estimate of drug-likeness (QED) is 0.318. The lowest BCUT2D eigenvalue weighted by Gasteiger charge is -2.24. The molecule has 2 saturated heterocycles. The zero-order valence-corrected chi connectivity index (χ0v) is 24.0. The Labute approximate surface area is 243 Å². The third-order valence-corrected chi connectivity index (χ3v) is 8.72. The summed E-state index contributed by atoms with van der Waals surface area (Å²) in [5.41, 5.74) is 7.57. The van der Waals surface area contributed by atoms with Crippen molar-refractivity contribution >= 4 is 32.9 Å². The standard InChI is InChI=1S/C30H27BrF2N6O2/c1-30(2,41)14-38-28-24(36-37-38)12-21(27(33)26(28)31)19-7-5-16(29(40)39-18-6-8-25(39)23(35)11-18)9-20(19)15-3-4-17(13-34)22(32)10-15/h3-5,7,9-10,12,18,23,25,41H,6,8,11,14,35H2,1-2H3/t18-,23+,25+/m1/s1. The number of carbonyl (C=O) groups is 1. The average molecular weight is 621 g/mol. The lowest BCUT2D eigenvalue weighted by molar-refractivity contribution is 0.0584. The van der Waals surface area contributed by atoms with Crippen molar-refractivity contribution in [1.82, 2.24) is 19.9 Å². The summed E-state index contributed by atoms with van der Waals surface area (Å²) in [6, 6.07) is 12.4. The zero-order valence-electron chi connectivity index (χ0n) is 22.4. The Morgan fingerprint density at radius 1 is 1.17 bits per heavy atom. The minimum atomic E-state index is -1.11. The number of fused-ring (bicyclic) bond motifs is 3. The van der Waals surface area contributed by atoms with Crippen LogP contribution in [-0.2, 0) is 6.54 Å². The maximum atomic E-state index is 16.1. The van der Waals surface area contributed by atoms with Gasteiger partial charge in [-0.05, 0) is 96.1 Å². The highest BCUT2D eigenvalue weighted by molar-refractivity contribution is 9.10. The predicted octanol–water partition coefficient (Wildman–Crippen LogP) is 5.15. The van der Waals surface area contributed by atoms with Gasteiger partial charge in [-0.2, -0.15) is 5.26 Å². The molecule has 1 aromatic heterocycles. The van der Waals surface area contributed by atoms with Crippen LogP contribution in [0, 0.1) is 23.0 Å². The van der Waals surface area contributed by atoms with Crippen molar-refractivity contribution in [2.75, 3.05) is 0 Å². The van der Waals surface area contributed by atoms with Gasteiger partial charge in [-0.3, -0.25) is 4.79 Å². The van der Waals surface area contributed by atoms with Gasteiger partial charge in [0.15, 0.2) is 0 Å². The summed E-state index contributed by atoms with van der Waals surface area (Å²) in [4.78, 5) is 15.5. The summed E-state index contributed by atoms with van der Waals surface area (Å²) in [6.45, 7) is 3.33. The Balaban J connectivity index is 1.51. The number of benzene rings is 3. The van der Waals surface area contributed by atoms with Gasteiger partial charge in [0, 0.05) is 29.3 Å². The Morgan fingerprint density at radius 3 is 2.59 bits per heavy atom. The van der Waals surface area contributed by atoms with Crippen LogP contribution in [0.4, 0.5) is 8.78 Å². The predicted molar refractivity (Wildman–Crippen MR) is 153 cm³/mol. The van der Waals surface area contributed by atoms with E-state index in [4.69, 9.17) is 5.73 Å². The Hall–Kier alpha value is -3.72. The highest BCUT2D eigenvalue weighted by Gasteiger charge is 2.47. The van der Waals surface area contributed by atoms with E-state index >= 15 is 4.39 Å². The molecule has 0 aliphatic carbocycles. The van der Waals surface area contributed by atoms with E-state index in [-0.39, 0.29) is 46.2 Å². The van der Waals surface area contributed by atoms with Gasteiger partial charge < -0.3 is 15.7 Å². The Bertz CT molecular complexity index is 1760. The van der Waals surface area contributed by atoms with Crippen molar-refractivity contribution in [2.45, 2.75) is 63.4 Å².